The number of nitrogens with one attached hydrogen (secondary N) is 2. The lowest BCUT2D eigenvalue weighted by Crippen LogP contribution is -2.31. The topological polar surface area (TPSA) is 77.5 Å². The van der Waals surface area contributed by atoms with E-state index in [0.717, 1.165) is 36.7 Å². The van der Waals surface area contributed by atoms with Gasteiger partial charge in [-0.05, 0) is 25.3 Å². The molecule has 1 aromatic heterocycles. The van der Waals surface area contributed by atoms with Gasteiger partial charge in [0.05, 0.1) is 5.56 Å². The molecule has 5 heteroatoms. The lowest BCUT2D eigenvalue weighted by molar-refractivity contribution is -0.121. The van der Waals surface area contributed by atoms with Gasteiger partial charge < -0.3 is 15.4 Å². The first kappa shape index (κ1) is 12.7. The van der Waals surface area contributed by atoms with Gasteiger partial charge in [-0.15, -0.1) is 0 Å². The summed E-state index contributed by atoms with van der Waals surface area (Å²) in [4.78, 5) is 19.1. The van der Waals surface area contributed by atoms with E-state index >= 15 is 0 Å². The quantitative estimate of drug-likeness (QED) is 0.730. The number of aromatic nitrogens is 1. The van der Waals surface area contributed by atoms with E-state index in [-0.39, 0.29) is 17.8 Å². The zero-order valence-electron chi connectivity index (χ0n) is 11.1. The van der Waals surface area contributed by atoms with E-state index in [0.29, 0.717) is 5.56 Å². The second kappa shape index (κ2) is 5.36. The van der Waals surface area contributed by atoms with Crippen molar-refractivity contribution in [3.63, 3.8) is 0 Å². The van der Waals surface area contributed by atoms with Crippen molar-refractivity contribution in [1.29, 1.82) is 0 Å². The lowest BCUT2D eigenvalue weighted by atomic mass is 10.1. The third kappa shape index (κ3) is 2.39. The molecule has 2 heterocycles. The number of carbonyl (C=O) groups excluding carboxylic acids is 1. The Bertz CT molecular complexity index is 660. The third-order valence-electron chi connectivity index (χ3n) is 3.62. The molecule has 1 atom stereocenters. The van der Waals surface area contributed by atoms with Gasteiger partial charge in [0.1, 0.15) is 6.04 Å². The van der Waals surface area contributed by atoms with Gasteiger partial charge in [-0.25, -0.2) is 0 Å². The van der Waals surface area contributed by atoms with Crippen LogP contribution in [-0.4, -0.2) is 34.8 Å². The predicted octanol–water partition coefficient (Wildman–Crippen LogP) is 1.96. The summed E-state index contributed by atoms with van der Waals surface area (Å²) in [5.41, 5.74) is 1.49. The molecular formula is C15H17N3O2. The molecule has 20 heavy (non-hydrogen) atoms. The van der Waals surface area contributed by atoms with Crippen molar-refractivity contribution in [3.05, 3.63) is 29.8 Å². The van der Waals surface area contributed by atoms with Crippen molar-refractivity contribution in [2.24, 2.45) is 4.99 Å². The number of aliphatic imine (C=N–C) groups is 1. The van der Waals surface area contributed by atoms with E-state index in [1.807, 2.05) is 24.3 Å². The summed E-state index contributed by atoms with van der Waals surface area (Å²) in [6, 6.07) is 7.26. The highest BCUT2D eigenvalue weighted by Gasteiger charge is 2.19. The van der Waals surface area contributed by atoms with Crippen LogP contribution in [0.5, 0.6) is 5.88 Å². The van der Waals surface area contributed by atoms with Crippen LogP contribution < -0.4 is 5.32 Å². The number of aromatic hydroxyl groups is 1. The van der Waals surface area contributed by atoms with Crippen molar-refractivity contribution >= 4 is 23.0 Å². The lowest BCUT2D eigenvalue weighted by Gasteiger charge is -2.06. The molecule has 1 aromatic carbocycles. The molecular weight excluding hydrogens is 254 g/mol. The maximum Gasteiger partial charge on any atom is 0.244 e. The molecule has 3 N–H and O–H groups in total. The standard InChI is InChI=1S/C15H17N3O2/c19-14-11(10-5-1-2-6-12(10)18-14)9-17-13-7-3-4-8-16-15(13)20/h1-2,5-6,9,13,18-19H,3-4,7-8H2,(H,16,20). The molecule has 0 radical (unpaired) electrons. The number of rotatable bonds is 2. The maximum absolute atomic E-state index is 11.8. The van der Waals surface area contributed by atoms with Crippen LogP contribution in [0.3, 0.4) is 0 Å². The highest BCUT2D eigenvalue weighted by atomic mass is 16.3. The van der Waals surface area contributed by atoms with Crippen LogP contribution in [0, 0.1) is 0 Å². The van der Waals surface area contributed by atoms with Crippen LogP contribution in [0.15, 0.2) is 29.3 Å². The van der Waals surface area contributed by atoms with Crippen LogP contribution >= 0.6 is 0 Å². The number of amides is 1. The van der Waals surface area contributed by atoms with Gasteiger partial charge in [-0.2, -0.15) is 0 Å². The number of hydrogen-bond donors (Lipinski definition) is 3. The summed E-state index contributed by atoms with van der Waals surface area (Å²) in [5.74, 6) is 0.0575. The fourth-order valence-corrected chi connectivity index (χ4v) is 2.51. The van der Waals surface area contributed by atoms with Crippen molar-refractivity contribution < 1.29 is 9.90 Å². The zero-order valence-corrected chi connectivity index (χ0v) is 11.1. The van der Waals surface area contributed by atoms with Crippen LogP contribution in [0.4, 0.5) is 0 Å². The predicted molar refractivity (Wildman–Crippen MR) is 78.2 cm³/mol. The largest absolute Gasteiger partial charge is 0.494 e. The number of benzene rings is 1. The van der Waals surface area contributed by atoms with Crippen molar-refractivity contribution in [2.75, 3.05) is 6.54 Å². The second-order valence-corrected chi connectivity index (χ2v) is 5.01. The van der Waals surface area contributed by atoms with Gasteiger partial charge in [0.15, 0.2) is 5.88 Å². The smallest absolute Gasteiger partial charge is 0.244 e. The Balaban J connectivity index is 1.90. The molecule has 104 valence electrons. The van der Waals surface area contributed by atoms with Crippen LogP contribution in [0.25, 0.3) is 10.9 Å². The SMILES string of the molecule is O=C1NCCCCC1N=Cc1c(O)[nH]c2ccccc12. The number of hydrogen-bond acceptors (Lipinski definition) is 3. The second-order valence-electron chi connectivity index (χ2n) is 5.01. The zero-order chi connectivity index (χ0) is 13.9. The summed E-state index contributed by atoms with van der Waals surface area (Å²) < 4.78 is 0. The summed E-state index contributed by atoms with van der Waals surface area (Å²) in [5, 5.41) is 13.7. The van der Waals surface area contributed by atoms with E-state index < -0.39 is 0 Å². The molecule has 1 fully saturated rings. The normalized spacial score (nSPS) is 20.2. The number of carbonyl (C=O) groups is 1. The Morgan fingerprint density at radius 2 is 2.15 bits per heavy atom. The monoisotopic (exact) mass is 271 g/mol. The average Bonchev–Trinajstić information content (AvgIpc) is 2.62. The van der Waals surface area contributed by atoms with E-state index in [4.69, 9.17) is 0 Å². The molecule has 1 aliphatic rings. The minimum Gasteiger partial charge on any atom is -0.494 e. The summed E-state index contributed by atoms with van der Waals surface area (Å²) in [7, 11) is 0. The maximum atomic E-state index is 11.8. The summed E-state index contributed by atoms with van der Waals surface area (Å²) in [6.45, 7) is 0.725. The van der Waals surface area contributed by atoms with E-state index in [1.165, 1.54) is 0 Å². The Kier molecular flexibility index (Phi) is 3.41. The molecule has 2 aromatic rings. The summed E-state index contributed by atoms with van der Waals surface area (Å²) >= 11 is 0. The molecule has 5 nitrogen and oxygen atoms in total. The Hall–Kier alpha value is -2.30. The number of nitrogens with zero attached hydrogens (tertiary/aromatic N) is 1. The highest BCUT2D eigenvalue weighted by Crippen LogP contribution is 2.25. The first-order chi connectivity index (χ1) is 9.75. The number of aromatic amines is 1. The fourth-order valence-electron chi connectivity index (χ4n) is 2.51. The molecule has 1 saturated heterocycles. The van der Waals surface area contributed by atoms with Crippen LogP contribution in [0.2, 0.25) is 0 Å². The first-order valence-electron chi connectivity index (χ1n) is 6.86. The molecule has 1 amide bonds. The first-order valence-corrected chi connectivity index (χ1v) is 6.86. The van der Waals surface area contributed by atoms with Gasteiger partial charge in [0, 0.05) is 23.7 Å². The van der Waals surface area contributed by atoms with Gasteiger partial charge in [-0.3, -0.25) is 9.79 Å². The average molecular weight is 271 g/mol. The van der Waals surface area contributed by atoms with Crippen LogP contribution in [0.1, 0.15) is 24.8 Å². The minimum absolute atomic E-state index is 0.0296. The third-order valence-corrected chi connectivity index (χ3v) is 3.62. The molecule has 3 rings (SSSR count). The highest BCUT2D eigenvalue weighted by molar-refractivity contribution is 6.02. The molecule has 0 spiro atoms. The fraction of sp³-hybridized carbons (Fsp3) is 0.333. The Labute approximate surface area is 116 Å². The molecule has 1 unspecified atom stereocenters. The number of para-hydroxylation sites is 1. The molecule has 1 aliphatic heterocycles. The van der Waals surface area contributed by atoms with Crippen molar-refractivity contribution in [2.45, 2.75) is 25.3 Å². The summed E-state index contributed by atoms with van der Waals surface area (Å²) in [6.07, 6.45) is 4.34. The molecule has 0 saturated carbocycles. The van der Waals surface area contributed by atoms with E-state index in [2.05, 4.69) is 15.3 Å². The van der Waals surface area contributed by atoms with Gasteiger partial charge >= 0.3 is 0 Å². The minimum atomic E-state index is -0.356. The molecule has 0 bridgehead atoms. The number of fused-ring (bicyclic) bond motifs is 1. The van der Waals surface area contributed by atoms with Gasteiger partial charge in [-0.1, -0.05) is 18.2 Å². The van der Waals surface area contributed by atoms with Gasteiger partial charge in [0.2, 0.25) is 5.91 Å². The van der Waals surface area contributed by atoms with E-state index in [1.54, 1.807) is 6.21 Å². The Morgan fingerprint density at radius 1 is 1.30 bits per heavy atom. The van der Waals surface area contributed by atoms with Crippen LogP contribution in [-0.2, 0) is 4.79 Å². The molecule has 0 aliphatic carbocycles. The van der Waals surface area contributed by atoms with Crippen molar-refractivity contribution in [3.8, 4) is 5.88 Å². The van der Waals surface area contributed by atoms with Crippen molar-refractivity contribution in [1.82, 2.24) is 10.3 Å². The van der Waals surface area contributed by atoms with Gasteiger partial charge in [0.25, 0.3) is 0 Å². The number of H-pyrrole nitrogens is 1. The van der Waals surface area contributed by atoms with E-state index in [9.17, 15) is 9.90 Å². The Morgan fingerprint density at radius 3 is 3.05 bits per heavy atom.